The van der Waals surface area contributed by atoms with Gasteiger partial charge in [0.15, 0.2) is 6.29 Å². The van der Waals surface area contributed by atoms with Crippen molar-refractivity contribution in [3.63, 3.8) is 0 Å². The van der Waals surface area contributed by atoms with Crippen molar-refractivity contribution < 1.29 is 9.47 Å². The number of hydrogen-bond donors (Lipinski definition) is 1. The summed E-state index contributed by atoms with van der Waals surface area (Å²) in [5, 5.41) is 3.75. The Labute approximate surface area is 106 Å². The molecular weight excluding hydrogens is 246 g/mol. The number of thiocarbonyl (C=S) groups is 1. The van der Waals surface area contributed by atoms with Crippen LogP contribution < -0.4 is 5.32 Å². The van der Waals surface area contributed by atoms with Crippen LogP contribution in [-0.4, -0.2) is 32.0 Å². The van der Waals surface area contributed by atoms with Gasteiger partial charge in [0.1, 0.15) is 4.99 Å². The Bertz CT molecular complexity index is 338. The zero-order valence-electron chi connectivity index (χ0n) is 9.20. The van der Waals surface area contributed by atoms with Gasteiger partial charge in [0.25, 0.3) is 0 Å². The Morgan fingerprint density at radius 3 is 2.38 bits per heavy atom. The van der Waals surface area contributed by atoms with E-state index in [0.717, 1.165) is 5.56 Å². The van der Waals surface area contributed by atoms with Crippen molar-refractivity contribution in [1.82, 2.24) is 5.32 Å². The second-order valence-corrected chi connectivity index (χ2v) is 3.96. The summed E-state index contributed by atoms with van der Waals surface area (Å²) in [7, 11) is 3.17. The van der Waals surface area contributed by atoms with E-state index in [1.54, 1.807) is 26.4 Å². The van der Waals surface area contributed by atoms with E-state index >= 15 is 0 Å². The second kappa shape index (κ2) is 6.81. The molecule has 0 aliphatic carbocycles. The molecule has 0 amide bonds. The molecular formula is C11H14ClNO2S. The summed E-state index contributed by atoms with van der Waals surface area (Å²) in [4.78, 5) is 0.649. The molecule has 1 N–H and O–H groups in total. The molecule has 1 aromatic rings. The lowest BCUT2D eigenvalue weighted by Crippen LogP contribution is -2.33. The first-order valence-corrected chi connectivity index (χ1v) is 5.55. The average Bonchev–Trinajstić information content (AvgIpc) is 2.31. The van der Waals surface area contributed by atoms with Crippen LogP contribution in [-0.2, 0) is 9.47 Å². The summed E-state index contributed by atoms with van der Waals surface area (Å²) in [6.07, 6.45) is -0.301. The first-order chi connectivity index (χ1) is 7.67. The van der Waals surface area contributed by atoms with Crippen molar-refractivity contribution in [2.24, 2.45) is 0 Å². The normalized spacial score (nSPS) is 10.5. The standard InChI is InChI=1S/C11H14ClNO2S/c1-14-10(15-2)7-13-11(16)8-3-5-9(12)6-4-8/h3-6,10H,7H2,1-2H3,(H,13,16). The first-order valence-electron chi connectivity index (χ1n) is 4.76. The maximum Gasteiger partial charge on any atom is 0.173 e. The molecule has 0 aromatic heterocycles. The van der Waals surface area contributed by atoms with Crippen LogP contribution in [0.25, 0.3) is 0 Å². The van der Waals surface area contributed by atoms with Crippen molar-refractivity contribution in [3.05, 3.63) is 34.9 Å². The highest BCUT2D eigenvalue weighted by molar-refractivity contribution is 7.80. The molecule has 0 atom stereocenters. The minimum atomic E-state index is -0.301. The second-order valence-electron chi connectivity index (χ2n) is 3.12. The van der Waals surface area contributed by atoms with E-state index in [9.17, 15) is 0 Å². The molecule has 1 rings (SSSR count). The molecule has 0 saturated heterocycles. The highest BCUT2D eigenvalue weighted by Crippen LogP contribution is 2.09. The van der Waals surface area contributed by atoms with E-state index in [0.29, 0.717) is 16.6 Å². The number of hydrogen-bond acceptors (Lipinski definition) is 3. The number of nitrogens with one attached hydrogen (secondary N) is 1. The zero-order chi connectivity index (χ0) is 12.0. The number of rotatable bonds is 5. The lowest BCUT2D eigenvalue weighted by Gasteiger charge is -2.15. The molecule has 0 saturated carbocycles. The largest absolute Gasteiger partial charge is 0.371 e. The van der Waals surface area contributed by atoms with Gasteiger partial charge in [-0.05, 0) is 12.1 Å². The summed E-state index contributed by atoms with van der Waals surface area (Å²) in [6, 6.07) is 7.34. The summed E-state index contributed by atoms with van der Waals surface area (Å²) < 4.78 is 10.1. The van der Waals surface area contributed by atoms with Gasteiger partial charge in [0, 0.05) is 24.8 Å². The average molecular weight is 260 g/mol. The minimum absolute atomic E-state index is 0.301. The molecule has 0 fully saturated rings. The highest BCUT2D eigenvalue weighted by atomic mass is 35.5. The van der Waals surface area contributed by atoms with Gasteiger partial charge in [-0.1, -0.05) is 36.0 Å². The fourth-order valence-corrected chi connectivity index (χ4v) is 1.49. The molecule has 88 valence electrons. The fraction of sp³-hybridized carbons (Fsp3) is 0.364. The lowest BCUT2D eigenvalue weighted by atomic mass is 10.2. The Balaban J connectivity index is 2.49. The van der Waals surface area contributed by atoms with Gasteiger partial charge in [-0.15, -0.1) is 0 Å². The molecule has 5 heteroatoms. The van der Waals surface area contributed by atoms with E-state index < -0.39 is 0 Å². The summed E-state index contributed by atoms with van der Waals surface area (Å²) in [5.41, 5.74) is 0.922. The highest BCUT2D eigenvalue weighted by Gasteiger charge is 2.06. The van der Waals surface area contributed by atoms with Gasteiger partial charge in [-0.2, -0.15) is 0 Å². The van der Waals surface area contributed by atoms with Crippen molar-refractivity contribution in [3.8, 4) is 0 Å². The number of methoxy groups -OCH3 is 2. The third-order valence-electron chi connectivity index (χ3n) is 2.06. The van der Waals surface area contributed by atoms with Crippen molar-refractivity contribution >= 4 is 28.8 Å². The Hall–Kier alpha value is -0.680. The topological polar surface area (TPSA) is 30.5 Å². The first kappa shape index (κ1) is 13.4. The SMILES string of the molecule is COC(CNC(=S)c1ccc(Cl)cc1)OC. The van der Waals surface area contributed by atoms with Gasteiger partial charge in [-0.25, -0.2) is 0 Å². The molecule has 1 aromatic carbocycles. The van der Waals surface area contributed by atoms with E-state index in [2.05, 4.69) is 5.32 Å². The zero-order valence-corrected chi connectivity index (χ0v) is 10.8. The summed E-state index contributed by atoms with van der Waals surface area (Å²) in [6.45, 7) is 0.508. The molecule has 0 heterocycles. The number of ether oxygens (including phenoxy) is 2. The van der Waals surface area contributed by atoms with Crippen molar-refractivity contribution in [2.45, 2.75) is 6.29 Å². The number of halogens is 1. The molecule has 0 spiro atoms. The third-order valence-corrected chi connectivity index (χ3v) is 2.69. The smallest absolute Gasteiger partial charge is 0.173 e. The van der Waals surface area contributed by atoms with Gasteiger partial charge in [0.05, 0.1) is 6.54 Å². The molecule has 0 aliphatic heterocycles. The van der Waals surface area contributed by atoms with Crippen LogP contribution in [0, 0.1) is 0 Å². The number of benzene rings is 1. The Kier molecular flexibility index (Phi) is 5.69. The van der Waals surface area contributed by atoms with E-state index in [1.807, 2.05) is 12.1 Å². The van der Waals surface area contributed by atoms with Crippen LogP contribution in [0.5, 0.6) is 0 Å². The minimum Gasteiger partial charge on any atom is -0.371 e. The van der Waals surface area contributed by atoms with Crippen molar-refractivity contribution in [2.75, 3.05) is 20.8 Å². The maximum absolute atomic E-state index is 5.79. The van der Waals surface area contributed by atoms with Crippen LogP contribution in [0.1, 0.15) is 5.56 Å². The van der Waals surface area contributed by atoms with Gasteiger partial charge in [-0.3, -0.25) is 0 Å². The van der Waals surface area contributed by atoms with Gasteiger partial charge in [0.2, 0.25) is 0 Å². The molecule has 0 bridgehead atoms. The van der Waals surface area contributed by atoms with Crippen LogP contribution in [0.3, 0.4) is 0 Å². The molecule has 0 unspecified atom stereocenters. The van der Waals surface area contributed by atoms with Crippen LogP contribution in [0.2, 0.25) is 5.02 Å². The van der Waals surface area contributed by atoms with Crippen molar-refractivity contribution in [1.29, 1.82) is 0 Å². The quantitative estimate of drug-likeness (QED) is 0.649. The monoisotopic (exact) mass is 259 g/mol. The molecule has 16 heavy (non-hydrogen) atoms. The molecule has 0 aliphatic rings. The predicted molar refractivity (Wildman–Crippen MR) is 69.0 cm³/mol. The fourth-order valence-electron chi connectivity index (χ4n) is 1.14. The molecule has 3 nitrogen and oxygen atoms in total. The predicted octanol–water partition coefficient (Wildman–Crippen LogP) is 2.22. The van der Waals surface area contributed by atoms with Gasteiger partial charge >= 0.3 is 0 Å². The van der Waals surface area contributed by atoms with E-state index in [-0.39, 0.29) is 6.29 Å². The maximum atomic E-state index is 5.79. The van der Waals surface area contributed by atoms with Gasteiger partial charge < -0.3 is 14.8 Å². The summed E-state index contributed by atoms with van der Waals surface area (Å²) >= 11 is 11.0. The lowest BCUT2D eigenvalue weighted by molar-refractivity contribution is -0.0964. The van der Waals surface area contributed by atoms with E-state index in [4.69, 9.17) is 33.3 Å². The Morgan fingerprint density at radius 1 is 1.31 bits per heavy atom. The third kappa shape index (κ3) is 4.06. The Morgan fingerprint density at radius 2 is 1.88 bits per heavy atom. The molecule has 0 radical (unpaired) electrons. The summed E-state index contributed by atoms with van der Waals surface area (Å²) in [5.74, 6) is 0. The van der Waals surface area contributed by atoms with Crippen LogP contribution >= 0.6 is 23.8 Å². The van der Waals surface area contributed by atoms with Crippen LogP contribution in [0.15, 0.2) is 24.3 Å². The van der Waals surface area contributed by atoms with E-state index in [1.165, 1.54) is 0 Å². The van der Waals surface area contributed by atoms with Crippen LogP contribution in [0.4, 0.5) is 0 Å².